The molecular formula is C14H19N3O3. The third-order valence-corrected chi connectivity index (χ3v) is 3.45. The Labute approximate surface area is 118 Å². The van der Waals surface area contributed by atoms with Gasteiger partial charge in [0.1, 0.15) is 0 Å². The van der Waals surface area contributed by atoms with Gasteiger partial charge in [-0.2, -0.15) is 0 Å². The van der Waals surface area contributed by atoms with Gasteiger partial charge in [0, 0.05) is 50.2 Å². The number of piperazine rings is 1. The minimum atomic E-state index is -0.782. The van der Waals surface area contributed by atoms with E-state index in [9.17, 15) is 9.59 Å². The van der Waals surface area contributed by atoms with E-state index < -0.39 is 5.97 Å². The molecule has 1 N–H and O–H groups in total. The number of carbonyl (C=O) groups excluding carboxylic acids is 1. The highest BCUT2D eigenvalue weighted by Crippen LogP contribution is 2.09. The maximum atomic E-state index is 12.3. The first-order valence-electron chi connectivity index (χ1n) is 6.72. The standard InChI is InChI=1S/C14H19N3O3/c1-11-10-12(2-4-15-11)14(20)17-8-6-16(7-9-17)5-3-13(18)19/h2,4,10H,3,5-9H2,1H3,(H,18,19). The van der Waals surface area contributed by atoms with Gasteiger partial charge in [0.2, 0.25) is 0 Å². The first-order valence-corrected chi connectivity index (χ1v) is 6.72. The van der Waals surface area contributed by atoms with E-state index in [0.29, 0.717) is 25.2 Å². The minimum Gasteiger partial charge on any atom is -0.481 e. The molecule has 0 saturated carbocycles. The zero-order chi connectivity index (χ0) is 14.5. The van der Waals surface area contributed by atoms with Crippen molar-refractivity contribution in [3.8, 4) is 0 Å². The van der Waals surface area contributed by atoms with Gasteiger partial charge >= 0.3 is 5.97 Å². The molecule has 0 unspecified atom stereocenters. The molecular weight excluding hydrogens is 258 g/mol. The van der Waals surface area contributed by atoms with Gasteiger partial charge in [0.05, 0.1) is 6.42 Å². The number of aliphatic carboxylic acids is 1. The zero-order valence-electron chi connectivity index (χ0n) is 11.6. The second-order valence-electron chi connectivity index (χ2n) is 4.96. The Balaban J connectivity index is 1.87. The van der Waals surface area contributed by atoms with Crippen molar-refractivity contribution in [1.82, 2.24) is 14.8 Å². The lowest BCUT2D eigenvalue weighted by molar-refractivity contribution is -0.137. The Morgan fingerprint density at radius 2 is 2.00 bits per heavy atom. The van der Waals surface area contributed by atoms with Gasteiger partial charge < -0.3 is 10.0 Å². The lowest BCUT2D eigenvalue weighted by Gasteiger charge is -2.34. The van der Waals surface area contributed by atoms with E-state index in [-0.39, 0.29) is 12.3 Å². The SMILES string of the molecule is Cc1cc(C(=O)N2CCN(CCC(=O)O)CC2)ccn1. The van der Waals surface area contributed by atoms with Crippen molar-refractivity contribution in [2.45, 2.75) is 13.3 Å². The molecule has 1 aromatic rings. The van der Waals surface area contributed by atoms with Gasteiger partial charge in [0.25, 0.3) is 5.91 Å². The third-order valence-electron chi connectivity index (χ3n) is 3.45. The van der Waals surface area contributed by atoms with Gasteiger partial charge in [-0.15, -0.1) is 0 Å². The van der Waals surface area contributed by atoms with E-state index in [1.807, 2.05) is 11.8 Å². The molecule has 6 nitrogen and oxygen atoms in total. The van der Waals surface area contributed by atoms with Gasteiger partial charge in [-0.3, -0.25) is 19.5 Å². The number of aryl methyl sites for hydroxylation is 1. The molecule has 108 valence electrons. The summed E-state index contributed by atoms with van der Waals surface area (Å²) in [6.45, 7) is 5.14. The monoisotopic (exact) mass is 277 g/mol. The van der Waals surface area contributed by atoms with E-state index in [1.165, 1.54) is 0 Å². The normalized spacial score (nSPS) is 16.1. The average molecular weight is 277 g/mol. The molecule has 1 aromatic heterocycles. The lowest BCUT2D eigenvalue weighted by Crippen LogP contribution is -2.49. The maximum Gasteiger partial charge on any atom is 0.304 e. The summed E-state index contributed by atoms with van der Waals surface area (Å²) in [7, 11) is 0. The summed E-state index contributed by atoms with van der Waals surface area (Å²) in [5, 5.41) is 8.66. The number of hydrogen-bond acceptors (Lipinski definition) is 4. The van der Waals surface area contributed by atoms with Crippen molar-refractivity contribution in [1.29, 1.82) is 0 Å². The number of rotatable bonds is 4. The second kappa shape index (κ2) is 6.47. The first kappa shape index (κ1) is 14.5. The molecule has 1 aliphatic heterocycles. The van der Waals surface area contributed by atoms with Gasteiger partial charge in [0.15, 0.2) is 0 Å². The molecule has 0 radical (unpaired) electrons. The molecule has 1 fully saturated rings. The van der Waals surface area contributed by atoms with Crippen LogP contribution >= 0.6 is 0 Å². The molecule has 6 heteroatoms. The highest BCUT2D eigenvalue weighted by atomic mass is 16.4. The maximum absolute atomic E-state index is 12.3. The summed E-state index contributed by atoms with van der Waals surface area (Å²) < 4.78 is 0. The molecule has 0 bridgehead atoms. The van der Waals surface area contributed by atoms with Crippen LogP contribution in [0.3, 0.4) is 0 Å². The highest BCUT2D eigenvalue weighted by Gasteiger charge is 2.22. The highest BCUT2D eigenvalue weighted by molar-refractivity contribution is 5.94. The van der Waals surface area contributed by atoms with Gasteiger partial charge in [-0.05, 0) is 19.1 Å². The molecule has 2 heterocycles. The van der Waals surface area contributed by atoms with Crippen molar-refractivity contribution in [2.75, 3.05) is 32.7 Å². The van der Waals surface area contributed by atoms with Crippen LogP contribution in [0.15, 0.2) is 18.3 Å². The molecule has 0 spiro atoms. The molecule has 0 atom stereocenters. The number of carboxylic acids is 1. The first-order chi connectivity index (χ1) is 9.56. The van der Waals surface area contributed by atoms with Crippen LogP contribution in [0, 0.1) is 6.92 Å². The van der Waals surface area contributed by atoms with Gasteiger partial charge in [-0.1, -0.05) is 0 Å². The molecule has 0 aromatic carbocycles. The predicted molar refractivity (Wildman–Crippen MR) is 73.6 cm³/mol. The predicted octanol–water partition coefficient (Wildman–Crippen LogP) is 0.623. The van der Waals surface area contributed by atoms with Crippen molar-refractivity contribution >= 4 is 11.9 Å². The fourth-order valence-electron chi connectivity index (χ4n) is 2.29. The van der Waals surface area contributed by atoms with E-state index in [1.54, 1.807) is 18.3 Å². The van der Waals surface area contributed by atoms with Crippen LogP contribution < -0.4 is 0 Å². The van der Waals surface area contributed by atoms with Crippen LogP contribution in [0.4, 0.5) is 0 Å². The molecule has 1 aliphatic rings. The van der Waals surface area contributed by atoms with Crippen LogP contribution in [0.25, 0.3) is 0 Å². The summed E-state index contributed by atoms with van der Waals surface area (Å²) in [4.78, 5) is 30.8. The number of hydrogen-bond donors (Lipinski definition) is 1. The van der Waals surface area contributed by atoms with E-state index in [0.717, 1.165) is 18.8 Å². The Hall–Kier alpha value is -1.95. The van der Waals surface area contributed by atoms with Crippen LogP contribution in [-0.2, 0) is 4.79 Å². The Bertz CT molecular complexity index is 496. The zero-order valence-corrected chi connectivity index (χ0v) is 11.6. The fraction of sp³-hybridized carbons (Fsp3) is 0.500. The summed E-state index contributed by atoms with van der Waals surface area (Å²) >= 11 is 0. The van der Waals surface area contributed by atoms with Gasteiger partial charge in [-0.25, -0.2) is 0 Å². The fourth-order valence-corrected chi connectivity index (χ4v) is 2.29. The molecule has 1 saturated heterocycles. The molecule has 2 rings (SSSR count). The molecule has 0 aliphatic carbocycles. The van der Waals surface area contributed by atoms with Crippen LogP contribution in [-0.4, -0.2) is 64.5 Å². The van der Waals surface area contributed by atoms with E-state index >= 15 is 0 Å². The topological polar surface area (TPSA) is 73.7 Å². The number of nitrogens with zero attached hydrogens (tertiary/aromatic N) is 3. The number of aromatic nitrogens is 1. The molecule has 20 heavy (non-hydrogen) atoms. The minimum absolute atomic E-state index is 0.0217. The number of carboxylic acid groups (broad SMARTS) is 1. The summed E-state index contributed by atoms with van der Waals surface area (Å²) in [6, 6.07) is 3.52. The van der Waals surface area contributed by atoms with Crippen LogP contribution in [0.1, 0.15) is 22.5 Å². The lowest BCUT2D eigenvalue weighted by atomic mass is 10.2. The summed E-state index contributed by atoms with van der Waals surface area (Å²) in [5.74, 6) is -0.760. The third kappa shape index (κ3) is 3.77. The van der Waals surface area contributed by atoms with Crippen molar-refractivity contribution in [3.05, 3.63) is 29.6 Å². The van der Waals surface area contributed by atoms with E-state index in [4.69, 9.17) is 5.11 Å². The Morgan fingerprint density at radius 3 is 2.60 bits per heavy atom. The summed E-state index contributed by atoms with van der Waals surface area (Å²) in [6.07, 6.45) is 1.79. The number of pyridine rings is 1. The quantitative estimate of drug-likeness (QED) is 0.873. The van der Waals surface area contributed by atoms with Crippen molar-refractivity contribution in [2.24, 2.45) is 0 Å². The summed E-state index contributed by atoms with van der Waals surface area (Å²) in [5.41, 5.74) is 1.49. The smallest absolute Gasteiger partial charge is 0.304 e. The Kier molecular flexibility index (Phi) is 4.68. The van der Waals surface area contributed by atoms with Crippen LogP contribution in [0.5, 0.6) is 0 Å². The van der Waals surface area contributed by atoms with Crippen molar-refractivity contribution < 1.29 is 14.7 Å². The number of amides is 1. The van der Waals surface area contributed by atoms with Crippen molar-refractivity contribution in [3.63, 3.8) is 0 Å². The van der Waals surface area contributed by atoms with Crippen LogP contribution in [0.2, 0.25) is 0 Å². The largest absolute Gasteiger partial charge is 0.481 e. The number of carbonyl (C=O) groups is 2. The average Bonchev–Trinajstić information content (AvgIpc) is 2.45. The second-order valence-corrected chi connectivity index (χ2v) is 4.96. The Morgan fingerprint density at radius 1 is 1.30 bits per heavy atom. The van der Waals surface area contributed by atoms with E-state index in [2.05, 4.69) is 9.88 Å². The molecule has 1 amide bonds.